The summed E-state index contributed by atoms with van der Waals surface area (Å²) in [5.41, 5.74) is 0.0894. The molecule has 1 fully saturated rings. The van der Waals surface area contributed by atoms with Gasteiger partial charge in [-0.25, -0.2) is 4.79 Å². The van der Waals surface area contributed by atoms with E-state index >= 15 is 0 Å². The smallest absolute Gasteiger partial charge is 0.348 e. The molecular formula is C9H10N2O5. The molecule has 7 heteroatoms. The summed E-state index contributed by atoms with van der Waals surface area (Å²) < 4.78 is 10.8. The van der Waals surface area contributed by atoms with E-state index in [1.165, 1.54) is 6.20 Å². The second-order valence-electron chi connectivity index (χ2n) is 3.82. The van der Waals surface area contributed by atoms with Gasteiger partial charge in [-0.1, -0.05) is 0 Å². The fraction of sp³-hybridized carbons (Fsp3) is 0.556. The van der Waals surface area contributed by atoms with E-state index in [0.29, 0.717) is 5.56 Å². The van der Waals surface area contributed by atoms with Crippen molar-refractivity contribution in [3.05, 3.63) is 22.2 Å². The number of fused-ring (bicyclic) bond motifs is 3. The zero-order chi connectivity index (χ0) is 11.3. The number of rotatable bonds is 1. The van der Waals surface area contributed by atoms with Crippen LogP contribution >= 0.6 is 0 Å². The molecule has 1 aromatic heterocycles. The SMILES string of the molecule is O=c1nc2c(c[nH]1)[C@@H]1O[C@H](CO)C(O)C1O2. The Kier molecular flexibility index (Phi) is 2.00. The number of nitrogens with one attached hydrogen (secondary N) is 1. The molecule has 0 bridgehead atoms. The van der Waals surface area contributed by atoms with Gasteiger partial charge in [0.15, 0.2) is 6.10 Å². The fourth-order valence-corrected chi connectivity index (χ4v) is 2.09. The molecule has 0 aliphatic carbocycles. The first kappa shape index (κ1) is 9.76. The molecule has 2 aliphatic heterocycles. The van der Waals surface area contributed by atoms with E-state index in [1.54, 1.807) is 0 Å². The second-order valence-corrected chi connectivity index (χ2v) is 3.82. The fourth-order valence-electron chi connectivity index (χ4n) is 2.09. The van der Waals surface area contributed by atoms with Crippen LogP contribution in [0.4, 0.5) is 0 Å². The minimum Gasteiger partial charge on any atom is -0.468 e. The summed E-state index contributed by atoms with van der Waals surface area (Å²) in [5, 5.41) is 18.7. The standard InChI is InChI=1S/C9H10N2O5/c12-2-4-5(13)7-6(15-4)3-1-10-9(14)11-8(3)16-7/h1,4-7,12-13H,2H2,(H,10,11,14)/t4-,5?,6+,7?/m1/s1. The van der Waals surface area contributed by atoms with Gasteiger partial charge in [-0.15, -0.1) is 0 Å². The Balaban J connectivity index is 1.99. The van der Waals surface area contributed by atoms with Crippen LogP contribution < -0.4 is 10.4 Å². The van der Waals surface area contributed by atoms with Crippen LogP contribution in [0.25, 0.3) is 0 Å². The zero-order valence-corrected chi connectivity index (χ0v) is 8.16. The third kappa shape index (κ3) is 1.19. The Morgan fingerprint density at radius 1 is 1.56 bits per heavy atom. The summed E-state index contributed by atoms with van der Waals surface area (Å²) >= 11 is 0. The molecule has 0 saturated carbocycles. The number of hydrogen-bond acceptors (Lipinski definition) is 6. The average molecular weight is 226 g/mol. The lowest BCUT2D eigenvalue weighted by Gasteiger charge is -2.14. The summed E-state index contributed by atoms with van der Waals surface area (Å²) in [7, 11) is 0. The average Bonchev–Trinajstić information content (AvgIpc) is 2.75. The summed E-state index contributed by atoms with van der Waals surface area (Å²) in [6, 6.07) is 0. The summed E-state index contributed by atoms with van der Waals surface area (Å²) in [6.07, 6.45) is -1.20. The first-order valence-corrected chi connectivity index (χ1v) is 4.91. The molecule has 7 nitrogen and oxygen atoms in total. The molecule has 2 aliphatic rings. The van der Waals surface area contributed by atoms with Gasteiger partial charge in [-0.2, -0.15) is 4.98 Å². The van der Waals surface area contributed by atoms with Crippen LogP contribution in [0.5, 0.6) is 5.88 Å². The zero-order valence-electron chi connectivity index (χ0n) is 8.16. The van der Waals surface area contributed by atoms with Crippen LogP contribution in [0, 0.1) is 0 Å². The molecule has 86 valence electrons. The number of aromatic nitrogens is 2. The van der Waals surface area contributed by atoms with E-state index < -0.39 is 30.1 Å². The number of aliphatic hydroxyl groups is 2. The molecule has 3 heterocycles. The topological polar surface area (TPSA) is 105 Å². The van der Waals surface area contributed by atoms with Crippen LogP contribution in [0.3, 0.4) is 0 Å². The molecule has 2 unspecified atom stereocenters. The maximum absolute atomic E-state index is 11.0. The maximum Gasteiger partial charge on any atom is 0.348 e. The Labute approximate surface area is 89.7 Å². The van der Waals surface area contributed by atoms with Crippen molar-refractivity contribution in [1.29, 1.82) is 0 Å². The Hall–Kier alpha value is -1.44. The van der Waals surface area contributed by atoms with E-state index in [0.717, 1.165) is 0 Å². The number of hydrogen-bond donors (Lipinski definition) is 3. The van der Waals surface area contributed by atoms with Crippen molar-refractivity contribution < 1.29 is 19.7 Å². The lowest BCUT2D eigenvalue weighted by Crippen LogP contribution is -2.34. The lowest BCUT2D eigenvalue weighted by molar-refractivity contribution is -0.0234. The monoisotopic (exact) mass is 226 g/mol. The Morgan fingerprint density at radius 2 is 2.38 bits per heavy atom. The predicted molar refractivity (Wildman–Crippen MR) is 50.0 cm³/mol. The van der Waals surface area contributed by atoms with Crippen LogP contribution in [0.2, 0.25) is 0 Å². The molecule has 0 spiro atoms. The first-order valence-electron chi connectivity index (χ1n) is 4.91. The van der Waals surface area contributed by atoms with E-state index in [4.69, 9.17) is 14.6 Å². The Morgan fingerprint density at radius 3 is 3.12 bits per heavy atom. The van der Waals surface area contributed by atoms with Crippen LogP contribution in [0.1, 0.15) is 11.7 Å². The number of ether oxygens (including phenoxy) is 2. The van der Waals surface area contributed by atoms with Gasteiger partial charge in [0.25, 0.3) is 0 Å². The van der Waals surface area contributed by atoms with Crippen LogP contribution in [-0.4, -0.2) is 45.1 Å². The summed E-state index contributed by atoms with van der Waals surface area (Å²) in [5.74, 6) is 0.189. The van der Waals surface area contributed by atoms with E-state index in [9.17, 15) is 9.90 Å². The van der Waals surface area contributed by atoms with Crippen molar-refractivity contribution in [3.8, 4) is 5.88 Å². The van der Waals surface area contributed by atoms with Gasteiger partial charge in [0.1, 0.15) is 18.3 Å². The number of aliphatic hydroxyl groups excluding tert-OH is 2. The number of nitrogens with zero attached hydrogens (tertiary/aromatic N) is 1. The largest absolute Gasteiger partial charge is 0.468 e. The summed E-state index contributed by atoms with van der Waals surface area (Å²) in [6.45, 7) is -0.274. The normalized spacial score (nSPS) is 35.6. The van der Waals surface area contributed by atoms with Gasteiger partial charge in [-0.3, -0.25) is 0 Å². The van der Waals surface area contributed by atoms with Crippen molar-refractivity contribution in [1.82, 2.24) is 9.97 Å². The van der Waals surface area contributed by atoms with E-state index in [1.807, 2.05) is 0 Å². The highest BCUT2D eigenvalue weighted by atomic mass is 16.6. The van der Waals surface area contributed by atoms with Crippen molar-refractivity contribution in [2.75, 3.05) is 6.61 Å². The predicted octanol–water partition coefficient (Wildman–Crippen LogP) is -1.68. The van der Waals surface area contributed by atoms with E-state index in [2.05, 4.69) is 9.97 Å². The minimum absolute atomic E-state index is 0.189. The molecule has 1 aromatic rings. The van der Waals surface area contributed by atoms with E-state index in [-0.39, 0.29) is 12.5 Å². The van der Waals surface area contributed by atoms with Crippen LogP contribution in [0.15, 0.2) is 11.0 Å². The molecule has 0 radical (unpaired) electrons. The van der Waals surface area contributed by atoms with Gasteiger partial charge in [-0.05, 0) is 0 Å². The van der Waals surface area contributed by atoms with Gasteiger partial charge < -0.3 is 24.7 Å². The molecule has 1 saturated heterocycles. The third-order valence-corrected chi connectivity index (χ3v) is 2.87. The molecule has 4 atom stereocenters. The lowest BCUT2D eigenvalue weighted by atomic mass is 10.1. The third-order valence-electron chi connectivity index (χ3n) is 2.87. The van der Waals surface area contributed by atoms with Crippen molar-refractivity contribution >= 4 is 0 Å². The highest BCUT2D eigenvalue weighted by Crippen LogP contribution is 2.43. The first-order chi connectivity index (χ1) is 7.70. The molecule has 3 rings (SSSR count). The van der Waals surface area contributed by atoms with Crippen molar-refractivity contribution in [2.24, 2.45) is 0 Å². The molecule has 0 aromatic carbocycles. The van der Waals surface area contributed by atoms with Crippen LogP contribution in [-0.2, 0) is 4.74 Å². The van der Waals surface area contributed by atoms with Gasteiger partial charge in [0, 0.05) is 6.20 Å². The molecule has 0 amide bonds. The maximum atomic E-state index is 11.0. The number of aromatic amines is 1. The summed E-state index contributed by atoms with van der Waals surface area (Å²) in [4.78, 5) is 17.0. The Bertz CT molecular complexity index is 473. The minimum atomic E-state index is -0.917. The molecule has 16 heavy (non-hydrogen) atoms. The highest BCUT2D eigenvalue weighted by molar-refractivity contribution is 5.33. The number of H-pyrrole nitrogens is 1. The van der Waals surface area contributed by atoms with Gasteiger partial charge in [0.05, 0.1) is 12.2 Å². The van der Waals surface area contributed by atoms with Crippen molar-refractivity contribution in [3.63, 3.8) is 0 Å². The van der Waals surface area contributed by atoms with Gasteiger partial charge in [0.2, 0.25) is 5.88 Å². The highest BCUT2D eigenvalue weighted by Gasteiger charge is 2.51. The second kappa shape index (κ2) is 3.27. The molecule has 3 N–H and O–H groups in total. The van der Waals surface area contributed by atoms with Crippen molar-refractivity contribution in [2.45, 2.75) is 24.4 Å². The molecular weight excluding hydrogens is 216 g/mol. The quantitative estimate of drug-likeness (QED) is 0.528. The van der Waals surface area contributed by atoms with Gasteiger partial charge >= 0.3 is 5.69 Å².